The first-order chi connectivity index (χ1) is 14.6. The van der Waals surface area contributed by atoms with Crippen molar-refractivity contribution >= 4 is 5.91 Å². The first-order valence-corrected chi connectivity index (χ1v) is 10.1. The van der Waals surface area contributed by atoms with Gasteiger partial charge in [-0.2, -0.15) is 4.98 Å². The number of hydrogen-bond acceptors (Lipinski definition) is 5. The van der Waals surface area contributed by atoms with Gasteiger partial charge in [-0.15, -0.1) is 0 Å². The van der Waals surface area contributed by atoms with Crippen molar-refractivity contribution in [3.05, 3.63) is 65.8 Å². The fourth-order valence-corrected chi connectivity index (χ4v) is 3.02. The number of nitrogens with one attached hydrogen (secondary N) is 1. The van der Waals surface area contributed by atoms with Crippen molar-refractivity contribution < 1.29 is 18.4 Å². The van der Waals surface area contributed by atoms with Gasteiger partial charge in [0.1, 0.15) is 11.6 Å². The highest BCUT2D eigenvalue weighted by molar-refractivity contribution is 5.76. The van der Waals surface area contributed by atoms with Crippen LogP contribution in [0.15, 0.2) is 53.1 Å². The summed E-state index contributed by atoms with van der Waals surface area (Å²) >= 11 is 0. The summed E-state index contributed by atoms with van der Waals surface area (Å²) in [5.41, 5.74) is 1.84. The number of carbonyl (C=O) groups is 1. The Morgan fingerprint density at radius 3 is 2.53 bits per heavy atom. The first kappa shape index (κ1) is 21.5. The third kappa shape index (κ3) is 6.69. The first-order valence-electron chi connectivity index (χ1n) is 10.1. The molecular weight excluding hydrogens is 385 g/mol. The largest absolute Gasteiger partial charge is 0.497 e. The molecule has 0 aliphatic heterocycles. The van der Waals surface area contributed by atoms with Crippen LogP contribution in [0, 0.1) is 5.82 Å². The highest BCUT2D eigenvalue weighted by Crippen LogP contribution is 2.20. The molecule has 2 aromatic carbocycles. The Kier molecular flexibility index (Phi) is 7.94. The molecule has 30 heavy (non-hydrogen) atoms. The second-order valence-electron chi connectivity index (χ2n) is 7.03. The lowest BCUT2D eigenvalue weighted by atomic mass is 10.1. The zero-order valence-corrected chi connectivity index (χ0v) is 17.1. The van der Waals surface area contributed by atoms with E-state index in [4.69, 9.17) is 9.26 Å². The van der Waals surface area contributed by atoms with Crippen LogP contribution in [0.3, 0.4) is 0 Å². The van der Waals surface area contributed by atoms with E-state index in [0.717, 1.165) is 36.1 Å². The molecule has 1 aromatic heterocycles. The Balaban J connectivity index is 1.28. The van der Waals surface area contributed by atoms with E-state index in [2.05, 4.69) is 15.5 Å². The summed E-state index contributed by atoms with van der Waals surface area (Å²) in [7, 11) is 1.63. The number of aromatic nitrogens is 2. The van der Waals surface area contributed by atoms with Crippen LogP contribution in [-0.4, -0.2) is 29.7 Å². The molecule has 158 valence electrons. The monoisotopic (exact) mass is 411 g/mol. The SMILES string of the molecule is COc1ccc(-c2noc(CCCCCNC(=O)CCc3ccc(F)cc3)n2)cc1. The van der Waals surface area contributed by atoms with Gasteiger partial charge in [0.05, 0.1) is 7.11 Å². The standard InChI is InChI=1S/C23H26FN3O3/c1-29-20-13-9-18(10-14-20)23-26-22(30-27-23)5-3-2-4-16-25-21(28)15-8-17-6-11-19(24)12-7-17/h6-7,9-14H,2-5,8,15-16H2,1H3,(H,25,28). The van der Waals surface area contributed by atoms with Crippen LogP contribution in [0.1, 0.15) is 37.1 Å². The van der Waals surface area contributed by atoms with Crippen LogP contribution < -0.4 is 10.1 Å². The molecule has 0 fully saturated rings. The fourth-order valence-electron chi connectivity index (χ4n) is 3.02. The molecule has 0 saturated carbocycles. The Morgan fingerprint density at radius 1 is 1.03 bits per heavy atom. The Bertz CT molecular complexity index is 924. The number of halogens is 1. The number of benzene rings is 2. The minimum atomic E-state index is -0.263. The van der Waals surface area contributed by atoms with E-state index in [1.165, 1.54) is 12.1 Å². The van der Waals surface area contributed by atoms with Crippen molar-refractivity contribution in [1.29, 1.82) is 0 Å². The average Bonchev–Trinajstić information content (AvgIpc) is 3.25. The molecular formula is C23H26FN3O3. The number of aryl methyl sites for hydroxylation is 2. The zero-order valence-electron chi connectivity index (χ0n) is 17.1. The third-order valence-corrected chi connectivity index (χ3v) is 4.76. The molecule has 0 spiro atoms. The van der Waals surface area contributed by atoms with Crippen LogP contribution in [0.5, 0.6) is 5.75 Å². The highest BCUT2D eigenvalue weighted by atomic mass is 19.1. The molecule has 0 saturated heterocycles. The van der Waals surface area contributed by atoms with Crippen molar-refractivity contribution in [3.8, 4) is 17.1 Å². The van der Waals surface area contributed by atoms with Crippen LogP contribution >= 0.6 is 0 Å². The normalized spacial score (nSPS) is 10.7. The number of methoxy groups -OCH3 is 1. The predicted molar refractivity (Wildman–Crippen MR) is 112 cm³/mol. The van der Waals surface area contributed by atoms with Gasteiger partial charge < -0.3 is 14.6 Å². The van der Waals surface area contributed by atoms with Crippen LogP contribution in [0.2, 0.25) is 0 Å². The van der Waals surface area contributed by atoms with E-state index in [1.807, 2.05) is 24.3 Å². The Hall–Kier alpha value is -3.22. The number of carbonyl (C=O) groups excluding carboxylic acids is 1. The smallest absolute Gasteiger partial charge is 0.226 e. The lowest BCUT2D eigenvalue weighted by Crippen LogP contribution is -2.24. The van der Waals surface area contributed by atoms with Gasteiger partial charge in [0.25, 0.3) is 0 Å². The molecule has 1 heterocycles. The molecule has 1 amide bonds. The van der Waals surface area contributed by atoms with Gasteiger partial charge in [0, 0.05) is 24.9 Å². The number of nitrogens with zero attached hydrogens (tertiary/aromatic N) is 2. The van der Waals surface area contributed by atoms with Gasteiger partial charge in [-0.1, -0.05) is 23.7 Å². The molecule has 7 heteroatoms. The lowest BCUT2D eigenvalue weighted by Gasteiger charge is -2.05. The van der Waals surface area contributed by atoms with Crippen molar-refractivity contribution in [3.63, 3.8) is 0 Å². The van der Waals surface area contributed by atoms with Crippen LogP contribution in [0.4, 0.5) is 4.39 Å². The summed E-state index contributed by atoms with van der Waals surface area (Å²) in [6.07, 6.45) is 4.49. The van der Waals surface area contributed by atoms with E-state index < -0.39 is 0 Å². The van der Waals surface area contributed by atoms with Crippen molar-refractivity contribution in [2.24, 2.45) is 0 Å². The van der Waals surface area contributed by atoms with E-state index >= 15 is 0 Å². The highest BCUT2D eigenvalue weighted by Gasteiger charge is 2.09. The zero-order chi connectivity index (χ0) is 21.2. The maximum atomic E-state index is 12.9. The average molecular weight is 411 g/mol. The number of amides is 1. The molecule has 3 rings (SSSR count). The van der Waals surface area contributed by atoms with E-state index in [-0.39, 0.29) is 11.7 Å². The quantitative estimate of drug-likeness (QED) is 0.475. The minimum Gasteiger partial charge on any atom is -0.497 e. The summed E-state index contributed by atoms with van der Waals surface area (Å²) < 4.78 is 23.3. The van der Waals surface area contributed by atoms with Crippen molar-refractivity contribution in [2.45, 2.75) is 38.5 Å². The number of ether oxygens (including phenoxy) is 1. The van der Waals surface area contributed by atoms with Gasteiger partial charge in [-0.05, 0) is 61.2 Å². The second-order valence-corrected chi connectivity index (χ2v) is 7.03. The van der Waals surface area contributed by atoms with Gasteiger partial charge in [0.2, 0.25) is 17.6 Å². The van der Waals surface area contributed by atoms with E-state index in [1.54, 1.807) is 19.2 Å². The van der Waals surface area contributed by atoms with Gasteiger partial charge in [0.15, 0.2) is 0 Å². The maximum Gasteiger partial charge on any atom is 0.226 e. The maximum absolute atomic E-state index is 12.9. The summed E-state index contributed by atoms with van der Waals surface area (Å²) in [4.78, 5) is 16.3. The number of unbranched alkanes of at least 4 members (excludes halogenated alkanes) is 2. The molecule has 6 nitrogen and oxygen atoms in total. The topological polar surface area (TPSA) is 77.3 Å². The van der Waals surface area contributed by atoms with Gasteiger partial charge in [-0.25, -0.2) is 4.39 Å². The summed E-state index contributed by atoms with van der Waals surface area (Å²) in [5, 5.41) is 6.95. The molecule has 0 unspecified atom stereocenters. The van der Waals surface area contributed by atoms with Crippen molar-refractivity contribution in [2.75, 3.05) is 13.7 Å². The van der Waals surface area contributed by atoms with E-state index in [0.29, 0.717) is 37.5 Å². The summed E-state index contributed by atoms with van der Waals surface area (Å²) in [5.74, 6) is 1.72. The molecule has 0 aliphatic rings. The molecule has 1 N–H and O–H groups in total. The number of rotatable bonds is 11. The molecule has 0 aliphatic carbocycles. The third-order valence-electron chi connectivity index (χ3n) is 4.76. The molecule has 3 aromatic rings. The molecule has 0 bridgehead atoms. The Morgan fingerprint density at radius 2 is 1.80 bits per heavy atom. The van der Waals surface area contributed by atoms with Crippen molar-refractivity contribution in [1.82, 2.24) is 15.5 Å². The molecule has 0 radical (unpaired) electrons. The Labute approximate surface area is 175 Å². The number of hydrogen-bond donors (Lipinski definition) is 1. The minimum absolute atomic E-state index is 0.0142. The lowest BCUT2D eigenvalue weighted by molar-refractivity contribution is -0.121. The molecule has 0 atom stereocenters. The predicted octanol–water partition coefficient (Wildman–Crippen LogP) is 4.35. The van der Waals surface area contributed by atoms with Gasteiger partial charge in [-0.3, -0.25) is 4.79 Å². The second kappa shape index (κ2) is 11.1. The summed E-state index contributed by atoms with van der Waals surface area (Å²) in [6.45, 7) is 0.642. The summed E-state index contributed by atoms with van der Waals surface area (Å²) in [6, 6.07) is 13.8. The fraction of sp³-hybridized carbons (Fsp3) is 0.348. The van der Waals surface area contributed by atoms with Crippen LogP contribution in [0.25, 0.3) is 11.4 Å². The van der Waals surface area contributed by atoms with Crippen LogP contribution in [-0.2, 0) is 17.6 Å². The van der Waals surface area contributed by atoms with Gasteiger partial charge >= 0.3 is 0 Å². The van der Waals surface area contributed by atoms with E-state index in [9.17, 15) is 9.18 Å².